The number of hydrogen-bond acceptors (Lipinski definition) is 6. The molecule has 7 nitrogen and oxygen atoms in total. The van der Waals surface area contributed by atoms with E-state index in [1.54, 1.807) is 29.9 Å². The summed E-state index contributed by atoms with van der Waals surface area (Å²) in [6.07, 6.45) is 1.71. The molecule has 0 amide bonds. The molecular weight excluding hydrogens is 426 g/mol. The van der Waals surface area contributed by atoms with Crippen molar-refractivity contribution in [2.24, 2.45) is 7.05 Å². The van der Waals surface area contributed by atoms with Crippen molar-refractivity contribution < 1.29 is 4.42 Å². The van der Waals surface area contributed by atoms with Crippen LogP contribution in [0.5, 0.6) is 0 Å². The fourth-order valence-corrected chi connectivity index (χ4v) is 3.96. The molecule has 0 unspecified atom stereocenters. The van der Waals surface area contributed by atoms with Crippen molar-refractivity contribution in [3.8, 4) is 17.4 Å². The third kappa shape index (κ3) is 3.63. The second-order valence-corrected chi connectivity index (χ2v) is 8.28. The second kappa shape index (κ2) is 8.13. The van der Waals surface area contributed by atoms with E-state index >= 15 is 0 Å². The van der Waals surface area contributed by atoms with Crippen LogP contribution >= 0.6 is 11.6 Å². The van der Waals surface area contributed by atoms with E-state index in [2.05, 4.69) is 21.5 Å². The Morgan fingerprint density at radius 2 is 2.00 bits per heavy atom. The van der Waals surface area contributed by atoms with Crippen LogP contribution in [0.1, 0.15) is 41.0 Å². The zero-order chi connectivity index (χ0) is 23.2. The number of aromatic nitrogens is 3. The Bertz CT molecular complexity index is 1460. The molecule has 8 heteroatoms. The quantitative estimate of drug-likeness (QED) is 0.431. The van der Waals surface area contributed by atoms with E-state index in [-0.39, 0.29) is 22.3 Å². The standard InChI is InChI=1S/C24H22ClN5O2/c1-12-8-16(14(3)28-19-6-7-21(25)29-20(19)10-26)24-17(9-12)22(31)13(2)23(32-24)18-11-27-30(5)15(18)4/h6-9,11,14,28H,1-5H3/t14-/m1/s1. The van der Waals surface area contributed by atoms with Crippen LogP contribution in [-0.4, -0.2) is 14.8 Å². The van der Waals surface area contributed by atoms with Gasteiger partial charge in [0.25, 0.3) is 0 Å². The van der Waals surface area contributed by atoms with Crippen molar-refractivity contribution in [3.63, 3.8) is 0 Å². The summed E-state index contributed by atoms with van der Waals surface area (Å²) in [6, 6.07) is 8.94. The van der Waals surface area contributed by atoms with Crippen molar-refractivity contribution in [2.75, 3.05) is 5.32 Å². The van der Waals surface area contributed by atoms with E-state index in [1.165, 1.54) is 0 Å². The van der Waals surface area contributed by atoms with Gasteiger partial charge in [0.05, 0.1) is 28.9 Å². The minimum Gasteiger partial charge on any atom is -0.455 e. The van der Waals surface area contributed by atoms with Gasteiger partial charge in [0.15, 0.2) is 11.1 Å². The van der Waals surface area contributed by atoms with E-state index < -0.39 is 0 Å². The Morgan fingerprint density at radius 3 is 2.66 bits per heavy atom. The van der Waals surface area contributed by atoms with Crippen LogP contribution in [0.2, 0.25) is 5.15 Å². The van der Waals surface area contributed by atoms with Gasteiger partial charge in [-0.25, -0.2) is 4.98 Å². The van der Waals surface area contributed by atoms with Crippen LogP contribution in [0.4, 0.5) is 5.69 Å². The van der Waals surface area contributed by atoms with E-state index in [0.29, 0.717) is 28.0 Å². The van der Waals surface area contributed by atoms with Crippen molar-refractivity contribution in [2.45, 2.75) is 33.7 Å². The summed E-state index contributed by atoms with van der Waals surface area (Å²) >= 11 is 5.92. The highest BCUT2D eigenvalue weighted by Gasteiger charge is 2.21. The molecule has 0 fully saturated rings. The van der Waals surface area contributed by atoms with Crippen molar-refractivity contribution >= 4 is 28.3 Å². The van der Waals surface area contributed by atoms with Gasteiger partial charge in [0, 0.05) is 23.9 Å². The molecule has 1 aromatic carbocycles. The molecule has 3 aromatic heterocycles. The molecule has 0 saturated carbocycles. The lowest BCUT2D eigenvalue weighted by molar-refractivity contribution is 0.604. The molecule has 4 aromatic rings. The minimum absolute atomic E-state index is 0.0764. The molecule has 1 atom stereocenters. The number of rotatable bonds is 4. The maximum absolute atomic E-state index is 13.3. The van der Waals surface area contributed by atoms with E-state index in [9.17, 15) is 10.1 Å². The van der Waals surface area contributed by atoms with E-state index in [0.717, 1.165) is 22.4 Å². The lowest BCUT2D eigenvalue weighted by Gasteiger charge is -2.19. The molecule has 4 rings (SSSR count). The number of nitriles is 1. The Balaban J connectivity index is 1.91. The molecule has 32 heavy (non-hydrogen) atoms. The zero-order valence-corrected chi connectivity index (χ0v) is 19.2. The lowest BCUT2D eigenvalue weighted by atomic mass is 9.99. The molecule has 0 bridgehead atoms. The van der Waals surface area contributed by atoms with Crippen molar-refractivity contribution in [3.05, 3.63) is 73.9 Å². The fourth-order valence-electron chi connectivity index (χ4n) is 3.82. The molecule has 0 spiro atoms. The summed E-state index contributed by atoms with van der Waals surface area (Å²) < 4.78 is 8.13. The zero-order valence-electron chi connectivity index (χ0n) is 18.4. The van der Waals surface area contributed by atoms with Crippen molar-refractivity contribution in [1.29, 1.82) is 5.26 Å². The first-order valence-corrected chi connectivity index (χ1v) is 10.5. The molecule has 1 N–H and O–H groups in total. The number of benzene rings is 1. The number of hydrogen-bond donors (Lipinski definition) is 1. The van der Waals surface area contributed by atoms with Gasteiger partial charge in [-0.2, -0.15) is 10.4 Å². The summed E-state index contributed by atoms with van der Waals surface area (Å²) in [5.41, 5.74) is 5.15. The maximum Gasteiger partial charge on any atom is 0.196 e. The molecular formula is C24H22ClN5O2. The van der Waals surface area contributed by atoms with Gasteiger partial charge in [0.2, 0.25) is 0 Å². The number of nitrogens with zero attached hydrogens (tertiary/aromatic N) is 4. The largest absolute Gasteiger partial charge is 0.455 e. The smallest absolute Gasteiger partial charge is 0.196 e. The summed E-state index contributed by atoms with van der Waals surface area (Å²) in [5.74, 6) is 0.510. The normalized spacial score (nSPS) is 12.0. The van der Waals surface area contributed by atoms with Crippen LogP contribution < -0.4 is 10.7 Å². The lowest BCUT2D eigenvalue weighted by Crippen LogP contribution is -2.13. The predicted octanol–water partition coefficient (Wildman–Crippen LogP) is 5.21. The molecule has 0 aliphatic carbocycles. The van der Waals surface area contributed by atoms with E-state index in [1.807, 2.05) is 40.0 Å². The van der Waals surface area contributed by atoms with Crippen LogP contribution in [0.15, 0.2) is 39.7 Å². The highest BCUT2D eigenvalue weighted by Crippen LogP contribution is 2.33. The van der Waals surface area contributed by atoms with Gasteiger partial charge in [-0.1, -0.05) is 17.7 Å². The summed E-state index contributed by atoms with van der Waals surface area (Å²) in [6.45, 7) is 7.59. The first-order chi connectivity index (χ1) is 15.2. The Hall–Kier alpha value is -3.63. The minimum atomic E-state index is -0.277. The third-order valence-electron chi connectivity index (χ3n) is 5.68. The van der Waals surface area contributed by atoms with Gasteiger partial charge in [-0.3, -0.25) is 9.48 Å². The second-order valence-electron chi connectivity index (χ2n) is 7.89. The molecule has 0 aliphatic rings. The molecule has 3 heterocycles. The molecule has 162 valence electrons. The van der Waals surface area contributed by atoms with Crippen LogP contribution in [-0.2, 0) is 7.05 Å². The SMILES string of the molecule is Cc1cc([C@@H](C)Nc2ccc(Cl)nc2C#N)c2oc(-c3cnn(C)c3C)c(C)c(=O)c2c1. The summed E-state index contributed by atoms with van der Waals surface area (Å²) in [7, 11) is 1.85. The summed E-state index contributed by atoms with van der Waals surface area (Å²) in [5, 5.41) is 17.8. The third-order valence-corrected chi connectivity index (χ3v) is 5.89. The Morgan fingerprint density at radius 1 is 1.25 bits per heavy atom. The van der Waals surface area contributed by atoms with Gasteiger partial charge >= 0.3 is 0 Å². The fraction of sp³-hybridized carbons (Fsp3) is 0.250. The molecule has 0 radical (unpaired) electrons. The number of pyridine rings is 1. The van der Waals surface area contributed by atoms with Crippen LogP contribution in [0.3, 0.4) is 0 Å². The predicted molar refractivity (Wildman–Crippen MR) is 125 cm³/mol. The summed E-state index contributed by atoms with van der Waals surface area (Å²) in [4.78, 5) is 17.4. The van der Waals surface area contributed by atoms with Crippen molar-refractivity contribution in [1.82, 2.24) is 14.8 Å². The van der Waals surface area contributed by atoms with Crippen LogP contribution in [0, 0.1) is 32.1 Å². The number of anilines is 1. The molecule has 0 aliphatic heterocycles. The number of nitrogens with one attached hydrogen (secondary N) is 1. The molecule has 0 saturated heterocycles. The topological polar surface area (TPSA) is 96.7 Å². The van der Waals surface area contributed by atoms with Gasteiger partial charge in [-0.15, -0.1) is 0 Å². The first kappa shape index (κ1) is 21.6. The highest BCUT2D eigenvalue weighted by molar-refractivity contribution is 6.29. The number of fused-ring (bicyclic) bond motifs is 1. The average molecular weight is 448 g/mol. The number of aryl methyl sites for hydroxylation is 2. The maximum atomic E-state index is 13.3. The monoisotopic (exact) mass is 447 g/mol. The average Bonchev–Trinajstić information content (AvgIpc) is 3.10. The highest BCUT2D eigenvalue weighted by atomic mass is 35.5. The first-order valence-electron chi connectivity index (χ1n) is 10.1. The van der Waals surface area contributed by atoms with Gasteiger partial charge in [-0.05, 0) is 51.5 Å². The Labute approximate surface area is 190 Å². The van der Waals surface area contributed by atoms with Gasteiger partial charge < -0.3 is 9.73 Å². The van der Waals surface area contributed by atoms with E-state index in [4.69, 9.17) is 16.0 Å². The van der Waals surface area contributed by atoms with Crippen LogP contribution in [0.25, 0.3) is 22.3 Å². The van der Waals surface area contributed by atoms with Gasteiger partial charge in [0.1, 0.15) is 22.6 Å². The number of halogens is 1. The Kier molecular flexibility index (Phi) is 5.49.